The second kappa shape index (κ2) is 6.55. The SMILES string of the molecule is S=C(Nc1ccccc1)Nc1nnc(-c2ccc(Cl)cc2)o1. The molecule has 5 nitrogen and oxygen atoms in total. The minimum atomic E-state index is 0.221. The topological polar surface area (TPSA) is 63.0 Å². The maximum Gasteiger partial charge on any atom is 0.322 e. The number of nitrogens with one attached hydrogen (secondary N) is 2. The van der Waals surface area contributed by atoms with Crippen LogP contribution < -0.4 is 10.6 Å². The average molecular weight is 331 g/mol. The molecule has 0 atom stereocenters. The van der Waals surface area contributed by atoms with E-state index in [9.17, 15) is 0 Å². The molecule has 3 aromatic rings. The molecule has 0 aliphatic rings. The highest BCUT2D eigenvalue weighted by atomic mass is 35.5. The lowest BCUT2D eigenvalue weighted by molar-refractivity contribution is 0.589. The van der Waals surface area contributed by atoms with Crippen LogP contribution in [0.1, 0.15) is 0 Å². The van der Waals surface area contributed by atoms with Crippen LogP contribution >= 0.6 is 23.8 Å². The van der Waals surface area contributed by atoms with E-state index < -0.39 is 0 Å². The number of rotatable bonds is 3. The minimum Gasteiger partial charge on any atom is -0.403 e. The molecule has 110 valence electrons. The zero-order valence-electron chi connectivity index (χ0n) is 11.3. The Labute approximate surface area is 137 Å². The van der Waals surface area contributed by atoms with Crippen LogP contribution in [-0.2, 0) is 0 Å². The molecule has 1 aromatic heterocycles. The van der Waals surface area contributed by atoms with Crippen LogP contribution in [0.3, 0.4) is 0 Å². The highest BCUT2D eigenvalue weighted by Crippen LogP contribution is 2.21. The van der Waals surface area contributed by atoms with E-state index in [4.69, 9.17) is 28.2 Å². The molecule has 7 heteroatoms. The number of thiocarbonyl (C=S) groups is 1. The highest BCUT2D eigenvalue weighted by Gasteiger charge is 2.09. The second-order valence-corrected chi connectivity index (χ2v) is 5.21. The van der Waals surface area contributed by atoms with Crippen molar-refractivity contribution in [1.29, 1.82) is 0 Å². The number of hydrogen-bond donors (Lipinski definition) is 2. The number of halogens is 1. The van der Waals surface area contributed by atoms with Crippen molar-refractivity contribution in [2.75, 3.05) is 10.6 Å². The monoisotopic (exact) mass is 330 g/mol. The maximum absolute atomic E-state index is 5.85. The van der Waals surface area contributed by atoms with Gasteiger partial charge in [-0.3, -0.25) is 5.32 Å². The molecule has 0 aliphatic carbocycles. The molecule has 0 radical (unpaired) electrons. The average Bonchev–Trinajstić information content (AvgIpc) is 2.97. The third-order valence-electron chi connectivity index (χ3n) is 2.77. The van der Waals surface area contributed by atoms with Crippen molar-refractivity contribution in [3.8, 4) is 11.5 Å². The van der Waals surface area contributed by atoms with Crippen LogP contribution in [0.4, 0.5) is 11.7 Å². The first-order valence-electron chi connectivity index (χ1n) is 6.43. The Balaban J connectivity index is 1.66. The van der Waals surface area contributed by atoms with Crippen LogP contribution in [0.15, 0.2) is 59.0 Å². The summed E-state index contributed by atoms with van der Waals surface area (Å²) in [6.07, 6.45) is 0. The first-order chi connectivity index (χ1) is 10.7. The number of hydrogen-bond acceptors (Lipinski definition) is 4. The summed E-state index contributed by atoms with van der Waals surface area (Å²) in [7, 11) is 0. The molecule has 0 spiro atoms. The van der Waals surface area contributed by atoms with Gasteiger partial charge in [-0.2, -0.15) is 0 Å². The van der Waals surface area contributed by atoms with Crippen LogP contribution in [-0.4, -0.2) is 15.3 Å². The highest BCUT2D eigenvalue weighted by molar-refractivity contribution is 7.80. The van der Waals surface area contributed by atoms with Gasteiger partial charge >= 0.3 is 6.01 Å². The molecule has 2 aromatic carbocycles. The molecule has 0 amide bonds. The Morgan fingerprint density at radius 1 is 0.955 bits per heavy atom. The van der Waals surface area contributed by atoms with E-state index in [1.807, 2.05) is 30.3 Å². The van der Waals surface area contributed by atoms with E-state index in [1.165, 1.54) is 0 Å². The summed E-state index contributed by atoms with van der Waals surface area (Å²) in [4.78, 5) is 0. The van der Waals surface area contributed by atoms with Crippen molar-refractivity contribution in [3.05, 3.63) is 59.6 Å². The van der Waals surface area contributed by atoms with Gasteiger partial charge < -0.3 is 9.73 Å². The van der Waals surface area contributed by atoms with E-state index in [0.29, 0.717) is 16.0 Å². The van der Waals surface area contributed by atoms with Crippen molar-refractivity contribution >= 4 is 40.6 Å². The van der Waals surface area contributed by atoms with Gasteiger partial charge in [-0.15, -0.1) is 5.10 Å². The number of para-hydroxylation sites is 1. The zero-order valence-corrected chi connectivity index (χ0v) is 12.9. The summed E-state index contributed by atoms with van der Waals surface area (Å²) in [5.74, 6) is 0.390. The lowest BCUT2D eigenvalue weighted by atomic mass is 10.2. The standard InChI is InChI=1S/C15H11ClN4OS/c16-11-8-6-10(7-9-11)13-19-20-14(21-13)18-15(22)17-12-4-2-1-3-5-12/h1-9H,(H2,17,18,20,22). The van der Waals surface area contributed by atoms with Crippen molar-refractivity contribution < 1.29 is 4.42 Å². The smallest absolute Gasteiger partial charge is 0.322 e. The van der Waals surface area contributed by atoms with Gasteiger partial charge in [0.1, 0.15) is 0 Å². The molecule has 0 aliphatic heterocycles. The van der Waals surface area contributed by atoms with Crippen molar-refractivity contribution in [1.82, 2.24) is 10.2 Å². The fourth-order valence-corrected chi connectivity index (χ4v) is 2.09. The first-order valence-corrected chi connectivity index (χ1v) is 7.22. The van der Waals surface area contributed by atoms with Gasteiger partial charge in [-0.1, -0.05) is 34.9 Å². The zero-order chi connectivity index (χ0) is 15.4. The van der Waals surface area contributed by atoms with Gasteiger partial charge in [0.15, 0.2) is 5.11 Å². The third-order valence-corrected chi connectivity index (χ3v) is 3.22. The molecule has 0 bridgehead atoms. The lowest BCUT2D eigenvalue weighted by Crippen LogP contribution is -2.19. The third kappa shape index (κ3) is 3.60. The van der Waals surface area contributed by atoms with Crippen LogP contribution in [0.2, 0.25) is 5.02 Å². The predicted molar refractivity (Wildman–Crippen MR) is 91.0 cm³/mol. The summed E-state index contributed by atoms with van der Waals surface area (Å²) < 4.78 is 5.51. The van der Waals surface area contributed by atoms with Gasteiger partial charge in [-0.25, -0.2) is 0 Å². The molecule has 3 rings (SSSR count). The molecule has 0 saturated heterocycles. The van der Waals surface area contributed by atoms with Crippen LogP contribution in [0.5, 0.6) is 0 Å². The Kier molecular flexibility index (Phi) is 4.32. The molecule has 22 heavy (non-hydrogen) atoms. The first kappa shape index (κ1) is 14.5. The fourth-order valence-electron chi connectivity index (χ4n) is 1.76. The summed E-state index contributed by atoms with van der Waals surface area (Å²) in [6, 6.07) is 16.9. The number of aromatic nitrogens is 2. The molecule has 2 N–H and O–H groups in total. The number of anilines is 2. The Morgan fingerprint density at radius 2 is 1.68 bits per heavy atom. The number of nitrogens with zero attached hydrogens (tertiary/aromatic N) is 2. The van der Waals surface area contributed by atoms with Gasteiger partial charge in [0.2, 0.25) is 5.89 Å². The van der Waals surface area contributed by atoms with Crippen molar-refractivity contribution in [2.24, 2.45) is 0 Å². The fraction of sp³-hybridized carbons (Fsp3) is 0. The van der Waals surface area contributed by atoms with E-state index in [1.54, 1.807) is 24.3 Å². The summed E-state index contributed by atoms with van der Waals surface area (Å²) in [5, 5.41) is 14.8. The lowest BCUT2D eigenvalue weighted by Gasteiger charge is -2.06. The van der Waals surface area contributed by atoms with Gasteiger partial charge in [-0.05, 0) is 48.6 Å². The van der Waals surface area contributed by atoms with Gasteiger partial charge in [0.25, 0.3) is 0 Å². The molecule has 0 fully saturated rings. The summed E-state index contributed by atoms with van der Waals surface area (Å²) >= 11 is 11.0. The van der Waals surface area contributed by atoms with Gasteiger partial charge in [0, 0.05) is 16.3 Å². The van der Waals surface area contributed by atoms with E-state index >= 15 is 0 Å². The number of benzene rings is 2. The van der Waals surface area contributed by atoms with E-state index in [-0.39, 0.29) is 6.01 Å². The molecular formula is C15H11ClN4OS. The molecule has 0 saturated carbocycles. The van der Waals surface area contributed by atoms with Crippen molar-refractivity contribution in [3.63, 3.8) is 0 Å². The Bertz CT molecular complexity index is 774. The summed E-state index contributed by atoms with van der Waals surface area (Å²) in [5.41, 5.74) is 1.66. The van der Waals surface area contributed by atoms with Gasteiger partial charge in [0.05, 0.1) is 0 Å². The Morgan fingerprint density at radius 3 is 2.41 bits per heavy atom. The quantitative estimate of drug-likeness (QED) is 0.702. The largest absolute Gasteiger partial charge is 0.403 e. The normalized spacial score (nSPS) is 10.2. The molecule has 1 heterocycles. The van der Waals surface area contributed by atoms with Crippen LogP contribution in [0, 0.1) is 0 Å². The second-order valence-electron chi connectivity index (χ2n) is 4.36. The van der Waals surface area contributed by atoms with Crippen LogP contribution in [0.25, 0.3) is 11.5 Å². The minimum absolute atomic E-state index is 0.221. The Hall–Kier alpha value is -2.44. The maximum atomic E-state index is 5.85. The molecular weight excluding hydrogens is 320 g/mol. The predicted octanol–water partition coefficient (Wildman–Crippen LogP) is 4.20. The van der Waals surface area contributed by atoms with E-state index in [0.717, 1.165) is 11.3 Å². The molecule has 0 unspecified atom stereocenters. The van der Waals surface area contributed by atoms with Crippen molar-refractivity contribution in [2.45, 2.75) is 0 Å². The van der Waals surface area contributed by atoms with E-state index in [2.05, 4.69) is 20.8 Å². The summed E-state index contributed by atoms with van der Waals surface area (Å²) in [6.45, 7) is 0.